The van der Waals surface area contributed by atoms with Gasteiger partial charge in [-0.15, -0.1) is 0 Å². The van der Waals surface area contributed by atoms with Gasteiger partial charge in [-0.25, -0.2) is 32.5 Å². The highest BCUT2D eigenvalue weighted by Crippen LogP contribution is 2.32. The molecule has 55 heavy (non-hydrogen) atoms. The van der Waals surface area contributed by atoms with Crippen LogP contribution in [0.1, 0.15) is 70.0 Å². The fraction of sp³-hybridized carbons (Fsp3) is 0.244. The average molecular weight is 756 g/mol. The van der Waals surface area contributed by atoms with E-state index in [1.54, 1.807) is 28.0 Å². The molecule has 2 aliphatic rings. The van der Waals surface area contributed by atoms with Crippen molar-refractivity contribution >= 4 is 11.8 Å². The Labute approximate surface area is 312 Å². The molecule has 0 aliphatic carbocycles. The number of hydrogen-bond donors (Lipinski definition) is 0. The van der Waals surface area contributed by atoms with Gasteiger partial charge in [0.1, 0.15) is 47.2 Å². The average Bonchev–Trinajstić information content (AvgIpc) is 3.90. The Hall–Kier alpha value is -6.18. The number of likely N-dealkylation sites (tertiary alicyclic amines) is 2. The van der Waals surface area contributed by atoms with Crippen LogP contribution in [0.15, 0.2) is 106 Å². The number of carbonyl (C=O) groups excluding carboxylic acids is 2. The number of amides is 2. The van der Waals surface area contributed by atoms with Crippen molar-refractivity contribution in [1.82, 2.24) is 24.8 Å². The van der Waals surface area contributed by atoms with Crippen molar-refractivity contribution in [3.8, 4) is 22.5 Å². The van der Waals surface area contributed by atoms with Crippen molar-refractivity contribution in [3.05, 3.63) is 150 Å². The zero-order valence-corrected chi connectivity index (χ0v) is 29.3. The second-order valence-electron chi connectivity index (χ2n) is 13.3. The molecular weight excluding hydrogens is 721 g/mol. The number of nitrogens with zero attached hydrogens (tertiary/aromatic N) is 5. The van der Waals surface area contributed by atoms with Gasteiger partial charge >= 0.3 is 0 Å². The summed E-state index contributed by atoms with van der Waals surface area (Å²) >= 11 is 0. The highest BCUT2D eigenvalue weighted by Gasteiger charge is 2.30. The molecule has 2 aliphatic heterocycles. The van der Waals surface area contributed by atoms with Gasteiger partial charge in [0.05, 0.1) is 11.8 Å². The maximum absolute atomic E-state index is 14.0. The van der Waals surface area contributed by atoms with Crippen molar-refractivity contribution in [2.24, 2.45) is 0 Å². The lowest BCUT2D eigenvalue weighted by Crippen LogP contribution is -2.39. The van der Waals surface area contributed by atoms with Gasteiger partial charge in [-0.1, -0.05) is 12.1 Å². The Bertz CT molecular complexity index is 2290. The van der Waals surface area contributed by atoms with Gasteiger partial charge in [0.25, 0.3) is 11.8 Å². The first-order valence-corrected chi connectivity index (χ1v) is 17.7. The van der Waals surface area contributed by atoms with Crippen LogP contribution in [0, 0.1) is 29.2 Å². The molecule has 14 heteroatoms. The van der Waals surface area contributed by atoms with Crippen LogP contribution in [0.3, 0.4) is 0 Å². The standard InChI is InChI=1S/C21H17F3N2O2.C20H17F2N3O2/c22-15-5-3-13(4-6-15)21(27)26-9-1-2-14(11-26)20-25-19(12-28-20)17-8-7-16(23)10-18(17)24;21-16-6-2-1-5-15(16)17-12-27-19(24-17)14-4-3-9-25(11-14)20(26)13-7-8-23-18(22)10-13/h3-8,10,12,14H,1-2,9,11H2;1-2,5-8,10,12,14H,3-4,9,11H2/t2*14-/m00/s1. The number of pyridine rings is 1. The van der Waals surface area contributed by atoms with Crippen molar-refractivity contribution in [1.29, 1.82) is 0 Å². The first-order valence-electron chi connectivity index (χ1n) is 17.7. The molecule has 0 unspecified atom stereocenters. The molecule has 3 aromatic heterocycles. The van der Waals surface area contributed by atoms with Crippen molar-refractivity contribution in [3.63, 3.8) is 0 Å². The van der Waals surface area contributed by atoms with E-state index in [2.05, 4.69) is 15.0 Å². The summed E-state index contributed by atoms with van der Waals surface area (Å²) in [6.07, 6.45) is 7.18. The van der Waals surface area contributed by atoms with E-state index >= 15 is 0 Å². The summed E-state index contributed by atoms with van der Waals surface area (Å²) in [5.41, 5.74) is 1.94. The first-order chi connectivity index (χ1) is 26.6. The Balaban J connectivity index is 0.000000169. The topological polar surface area (TPSA) is 106 Å². The van der Waals surface area contributed by atoms with Crippen LogP contribution in [0.4, 0.5) is 22.0 Å². The lowest BCUT2D eigenvalue weighted by Gasteiger charge is -2.31. The highest BCUT2D eigenvalue weighted by atomic mass is 19.1. The lowest BCUT2D eigenvalue weighted by molar-refractivity contribution is 0.0690. The van der Waals surface area contributed by atoms with Crippen molar-refractivity contribution in [2.45, 2.75) is 37.5 Å². The quantitative estimate of drug-likeness (QED) is 0.124. The second-order valence-corrected chi connectivity index (χ2v) is 13.3. The summed E-state index contributed by atoms with van der Waals surface area (Å²) in [6, 6.07) is 17.7. The van der Waals surface area contributed by atoms with Gasteiger partial charge in [0.2, 0.25) is 5.95 Å². The molecule has 0 bridgehead atoms. The summed E-state index contributed by atoms with van der Waals surface area (Å²) in [5.74, 6) is -2.57. The number of benzene rings is 3. The van der Waals surface area contributed by atoms with Crippen LogP contribution >= 0.6 is 0 Å². The lowest BCUT2D eigenvalue weighted by atomic mass is 9.97. The molecule has 2 fully saturated rings. The van der Waals surface area contributed by atoms with Crippen LogP contribution in [0.2, 0.25) is 0 Å². The van der Waals surface area contributed by atoms with Gasteiger partial charge in [-0.05, 0) is 80.3 Å². The zero-order valence-electron chi connectivity index (χ0n) is 29.3. The first kappa shape index (κ1) is 37.1. The Morgan fingerprint density at radius 2 is 1.18 bits per heavy atom. The summed E-state index contributed by atoms with van der Waals surface area (Å²) in [5, 5.41) is 0. The molecule has 0 radical (unpaired) electrons. The predicted molar refractivity (Wildman–Crippen MR) is 190 cm³/mol. The summed E-state index contributed by atoms with van der Waals surface area (Å²) < 4.78 is 78.5. The van der Waals surface area contributed by atoms with E-state index in [1.807, 2.05) is 0 Å². The van der Waals surface area contributed by atoms with Gasteiger partial charge in [0, 0.05) is 66.8 Å². The Kier molecular flexibility index (Phi) is 11.1. The molecule has 282 valence electrons. The largest absolute Gasteiger partial charge is 0.448 e. The molecule has 8 rings (SSSR count). The van der Waals surface area contributed by atoms with Crippen molar-refractivity contribution < 1.29 is 40.4 Å². The van der Waals surface area contributed by atoms with Crippen LogP contribution in [-0.2, 0) is 0 Å². The number of piperidine rings is 2. The number of halogens is 5. The van der Waals surface area contributed by atoms with E-state index < -0.39 is 23.4 Å². The minimum absolute atomic E-state index is 0.0880. The third-order valence-corrected chi connectivity index (χ3v) is 9.58. The maximum atomic E-state index is 14.0. The molecular formula is C41H34F5N5O4. The van der Waals surface area contributed by atoms with E-state index in [0.717, 1.165) is 43.9 Å². The normalized spacial score (nSPS) is 17.0. The van der Waals surface area contributed by atoms with Gasteiger partial charge < -0.3 is 18.6 Å². The smallest absolute Gasteiger partial charge is 0.254 e. The van der Waals surface area contributed by atoms with E-state index in [9.17, 15) is 31.5 Å². The zero-order chi connectivity index (χ0) is 38.5. The SMILES string of the molecule is O=C(c1ccc(F)cc1)N1CCC[C@H](c2nc(-c3ccc(F)cc3F)co2)C1.O=C(c1ccnc(F)c1)N1CCC[C@H](c2nc(-c3ccccc3F)co2)C1. The molecule has 2 amide bonds. The summed E-state index contributed by atoms with van der Waals surface area (Å²) in [6.45, 7) is 2.00. The number of oxazole rings is 2. The van der Waals surface area contributed by atoms with E-state index in [4.69, 9.17) is 8.83 Å². The summed E-state index contributed by atoms with van der Waals surface area (Å²) in [4.78, 5) is 40.9. The van der Waals surface area contributed by atoms with Crippen LogP contribution < -0.4 is 0 Å². The molecule has 2 atom stereocenters. The Morgan fingerprint density at radius 3 is 1.76 bits per heavy atom. The third kappa shape index (κ3) is 8.64. The van der Waals surface area contributed by atoms with Gasteiger partial charge in [-0.2, -0.15) is 4.39 Å². The highest BCUT2D eigenvalue weighted by molar-refractivity contribution is 5.94. The molecule has 0 saturated carbocycles. The fourth-order valence-electron chi connectivity index (χ4n) is 6.78. The molecule has 9 nitrogen and oxygen atoms in total. The molecule has 3 aromatic carbocycles. The minimum Gasteiger partial charge on any atom is -0.448 e. The number of hydrogen-bond acceptors (Lipinski definition) is 7. The molecule has 2 saturated heterocycles. The second kappa shape index (κ2) is 16.5. The molecule has 0 N–H and O–H groups in total. The van der Waals surface area contributed by atoms with Crippen LogP contribution in [-0.4, -0.2) is 62.7 Å². The maximum Gasteiger partial charge on any atom is 0.254 e. The van der Waals surface area contributed by atoms with E-state index in [0.29, 0.717) is 54.8 Å². The van der Waals surface area contributed by atoms with E-state index in [1.165, 1.54) is 61.2 Å². The predicted octanol–water partition coefficient (Wildman–Crippen LogP) is 8.81. The minimum atomic E-state index is -0.711. The van der Waals surface area contributed by atoms with Gasteiger partial charge in [0.15, 0.2) is 11.8 Å². The van der Waals surface area contributed by atoms with Crippen LogP contribution in [0.25, 0.3) is 22.5 Å². The Morgan fingerprint density at radius 1 is 0.618 bits per heavy atom. The number of rotatable bonds is 6. The molecule has 0 spiro atoms. The van der Waals surface area contributed by atoms with Gasteiger partial charge in [-0.3, -0.25) is 9.59 Å². The molecule has 6 aromatic rings. The summed E-state index contributed by atoms with van der Waals surface area (Å²) in [7, 11) is 0. The number of carbonyl (C=O) groups is 2. The third-order valence-electron chi connectivity index (χ3n) is 9.58. The monoisotopic (exact) mass is 755 g/mol. The fourth-order valence-corrected chi connectivity index (χ4v) is 6.78. The number of aromatic nitrogens is 3. The van der Waals surface area contributed by atoms with Crippen LogP contribution in [0.5, 0.6) is 0 Å². The van der Waals surface area contributed by atoms with E-state index in [-0.39, 0.29) is 46.3 Å². The van der Waals surface area contributed by atoms with Crippen molar-refractivity contribution in [2.75, 3.05) is 26.2 Å². The molecule has 5 heterocycles.